The van der Waals surface area contributed by atoms with Crippen molar-refractivity contribution in [3.8, 4) is 0 Å². The van der Waals surface area contributed by atoms with Crippen molar-refractivity contribution in [2.75, 3.05) is 19.6 Å². The Kier molecular flexibility index (Phi) is 5.95. The first kappa shape index (κ1) is 15.1. The van der Waals surface area contributed by atoms with Crippen molar-refractivity contribution in [1.82, 2.24) is 4.90 Å². The molecule has 0 aliphatic heterocycles. The molecule has 104 valence electrons. The van der Waals surface area contributed by atoms with Gasteiger partial charge < -0.3 is 10.8 Å². The number of aliphatic carboxylic acids is 1. The molecule has 0 radical (unpaired) electrons. The van der Waals surface area contributed by atoms with Gasteiger partial charge >= 0.3 is 5.97 Å². The van der Waals surface area contributed by atoms with Crippen molar-refractivity contribution >= 4 is 11.9 Å². The second kappa shape index (κ2) is 7.48. The highest BCUT2D eigenvalue weighted by atomic mass is 19.1. The van der Waals surface area contributed by atoms with E-state index in [1.54, 1.807) is 17.0 Å². The molecule has 0 saturated heterocycles. The molecule has 3 N–H and O–H groups in total. The summed E-state index contributed by atoms with van der Waals surface area (Å²) in [5.74, 6) is -1.72. The van der Waals surface area contributed by atoms with Crippen molar-refractivity contribution in [3.63, 3.8) is 0 Å². The Morgan fingerprint density at radius 1 is 1.21 bits per heavy atom. The lowest BCUT2D eigenvalue weighted by atomic mass is 10.1. The fourth-order valence-electron chi connectivity index (χ4n) is 1.68. The number of carbonyl (C=O) groups excluding carboxylic acids is 1. The summed E-state index contributed by atoms with van der Waals surface area (Å²) in [6.07, 6.45) is 0.559. The molecule has 6 heteroatoms. The van der Waals surface area contributed by atoms with Gasteiger partial charge in [-0.05, 0) is 24.1 Å². The Morgan fingerprint density at radius 2 is 1.84 bits per heavy atom. The number of hydrogen-bond donors (Lipinski definition) is 2. The summed E-state index contributed by atoms with van der Waals surface area (Å²) in [6, 6.07) is 6.06. The van der Waals surface area contributed by atoms with Crippen molar-refractivity contribution in [1.29, 1.82) is 0 Å². The van der Waals surface area contributed by atoms with Crippen LogP contribution in [0.15, 0.2) is 24.3 Å². The molecule has 0 aromatic heterocycles. The third-order valence-corrected chi connectivity index (χ3v) is 2.65. The normalized spacial score (nSPS) is 10.6. The Balaban J connectivity index is 2.49. The average molecular weight is 268 g/mol. The number of benzene rings is 1. The van der Waals surface area contributed by atoms with Crippen LogP contribution in [0, 0.1) is 5.82 Å². The minimum absolute atomic E-state index is 0.0223. The smallest absolute Gasteiger partial charge is 0.304 e. The number of nitrogens with zero attached hydrogens (tertiary/aromatic N) is 1. The molecule has 0 spiro atoms. The lowest BCUT2D eigenvalue weighted by Crippen LogP contribution is -2.36. The highest BCUT2D eigenvalue weighted by molar-refractivity contribution is 5.76. The SMILES string of the molecule is NC(=O)CN(CCC(=O)O)CCc1ccc(F)cc1. The van der Waals surface area contributed by atoms with Gasteiger partial charge in [-0.2, -0.15) is 0 Å². The molecule has 0 heterocycles. The van der Waals surface area contributed by atoms with E-state index in [9.17, 15) is 14.0 Å². The Bertz CT molecular complexity index is 434. The van der Waals surface area contributed by atoms with Gasteiger partial charge in [-0.25, -0.2) is 4.39 Å². The largest absolute Gasteiger partial charge is 0.481 e. The van der Waals surface area contributed by atoms with Gasteiger partial charge in [0.25, 0.3) is 0 Å². The van der Waals surface area contributed by atoms with E-state index in [4.69, 9.17) is 10.8 Å². The first-order valence-electron chi connectivity index (χ1n) is 5.94. The van der Waals surface area contributed by atoms with Gasteiger partial charge in [0.2, 0.25) is 5.91 Å². The number of amides is 1. The van der Waals surface area contributed by atoms with Gasteiger partial charge in [-0.15, -0.1) is 0 Å². The maximum Gasteiger partial charge on any atom is 0.304 e. The summed E-state index contributed by atoms with van der Waals surface area (Å²) >= 11 is 0. The molecule has 0 atom stereocenters. The molecule has 19 heavy (non-hydrogen) atoms. The van der Waals surface area contributed by atoms with Crippen LogP contribution in [0.3, 0.4) is 0 Å². The lowest BCUT2D eigenvalue weighted by molar-refractivity contribution is -0.137. The summed E-state index contributed by atoms with van der Waals surface area (Å²) in [4.78, 5) is 23.1. The minimum Gasteiger partial charge on any atom is -0.481 e. The summed E-state index contributed by atoms with van der Waals surface area (Å²) < 4.78 is 12.7. The van der Waals surface area contributed by atoms with Crippen LogP contribution in [0.5, 0.6) is 0 Å². The molecule has 1 aromatic rings. The van der Waals surface area contributed by atoms with Crippen LogP contribution in [0.1, 0.15) is 12.0 Å². The second-order valence-electron chi connectivity index (χ2n) is 4.26. The van der Waals surface area contributed by atoms with Gasteiger partial charge in [0.05, 0.1) is 13.0 Å². The van der Waals surface area contributed by atoms with Crippen molar-refractivity contribution in [2.45, 2.75) is 12.8 Å². The predicted molar refractivity (Wildman–Crippen MR) is 68.0 cm³/mol. The molecule has 1 aromatic carbocycles. The van der Waals surface area contributed by atoms with Crippen LogP contribution in [0.25, 0.3) is 0 Å². The number of carbonyl (C=O) groups is 2. The Hall–Kier alpha value is -1.95. The maximum atomic E-state index is 12.7. The molecule has 0 saturated carbocycles. The molecule has 1 rings (SSSR count). The standard InChI is InChI=1S/C13H17FN2O3/c14-11-3-1-10(2-4-11)5-7-16(9-12(15)17)8-6-13(18)19/h1-4H,5-9H2,(H2,15,17)(H,18,19). The quantitative estimate of drug-likeness (QED) is 0.724. The van der Waals surface area contributed by atoms with Crippen molar-refractivity contribution < 1.29 is 19.1 Å². The van der Waals surface area contributed by atoms with E-state index >= 15 is 0 Å². The fourth-order valence-corrected chi connectivity index (χ4v) is 1.68. The van der Waals surface area contributed by atoms with Crippen molar-refractivity contribution in [2.24, 2.45) is 5.73 Å². The zero-order valence-electron chi connectivity index (χ0n) is 10.5. The van der Waals surface area contributed by atoms with Gasteiger partial charge in [0.1, 0.15) is 5.82 Å². The topological polar surface area (TPSA) is 83.6 Å². The summed E-state index contributed by atoms with van der Waals surface area (Å²) in [5.41, 5.74) is 6.03. The summed E-state index contributed by atoms with van der Waals surface area (Å²) in [5, 5.41) is 8.63. The zero-order valence-corrected chi connectivity index (χ0v) is 10.5. The number of primary amides is 1. The van der Waals surface area contributed by atoms with Gasteiger partial charge in [-0.1, -0.05) is 12.1 Å². The number of hydrogen-bond acceptors (Lipinski definition) is 3. The van der Waals surface area contributed by atoms with E-state index in [1.807, 2.05) is 0 Å². The monoisotopic (exact) mass is 268 g/mol. The lowest BCUT2D eigenvalue weighted by Gasteiger charge is -2.19. The van der Waals surface area contributed by atoms with Gasteiger partial charge in [0, 0.05) is 13.1 Å². The van der Waals surface area contributed by atoms with Crippen LogP contribution in [0.4, 0.5) is 4.39 Å². The predicted octanol–water partition coefficient (Wildman–Crippen LogP) is 0.630. The van der Waals surface area contributed by atoms with E-state index in [2.05, 4.69) is 0 Å². The molecule has 0 fully saturated rings. The highest BCUT2D eigenvalue weighted by Crippen LogP contribution is 2.05. The van der Waals surface area contributed by atoms with E-state index in [0.29, 0.717) is 13.0 Å². The van der Waals surface area contributed by atoms with Crippen LogP contribution in [0.2, 0.25) is 0 Å². The van der Waals surface area contributed by atoms with Crippen molar-refractivity contribution in [3.05, 3.63) is 35.6 Å². The molecular weight excluding hydrogens is 251 g/mol. The maximum absolute atomic E-state index is 12.7. The average Bonchev–Trinajstić information content (AvgIpc) is 2.34. The number of carboxylic acids is 1. The summed E-state index contributed by atoms with van der Waals surface area (Å²) in [7, 11) is 0. The first-order chi connectivity index (χ1) is 8.97. The number of carboxylic acid groups (broad SMARTS) is 1. The molecule has 1 amide bonds. The fraction of sp³-hybridized carbons (Fsp3) is 0.385. The zero-order chi connectivity index (χ0) is 14.3. The number of rotatable bonds is 8. The van der Waals surface area contributed by atoms with Crippen LogP contribution in [-0.2, 0) is 16.0 Å². The molecule has 0 aliphatic rings. The van der Waals surface area contributed by atoms with E-state index in [0.717, 1.165) is 5.56 Å². The Morgan fingerprint density at radius 3 is 2.37 bits per heavy atom. The minimum atomic E-state index is -0.920. The Labute approximate surface area is 110 Å². The molecule has 0 unspecified atom stereocenters. The number of nitrogens with two attached hydrogens (primary N) is 1. The molecule has 0 bridgehead atoms. The highest BCUT2D eigenvalue weighted by Gasteiger charge is 2.10. The van der Waals surface area contributed by atoms with E-state index in [-0.39, 0.29) is 25.3 Å². The number of halogens is 1. The first-order valence-corrected chi connectivity index (χ1v) is 5.94. The molecule has 5 nitrogen and oxygen atoms in total. The van der Waals surface area contributed by atoms with E-state index < -0.39 is 11.9 Å². The third-order valence-electron chi connectivity index (χ3n) is 2.65. The second-order valence-corrected chi connectivity index (χ2v) is 4.26. The van der Waals surface area contributed by atoms with Crippen LogP contribution < -0.4 is 5.73 Å². The van der Waals surface area contributed by atoms with Crippen LogP contribution in [-0.4, -0.2) is 41.5 Å². The van der Waals surface area contributed by atoms with Crippen LogP contribution >= 0.6 is 0 Å². The van der Waals surface area contributed by atoms with Gasteiger partial charge in [0.15, 0.2) is 0 Å². The third kappa shape index (κ3) is 6.52. The summed E-state index contributed by atoms with van der Waals surface area (Å²) in [6.45, 7) is 0.787. The molecule has 0 aliphatic carbocycles. The van der Waals surface area contributed by atoms with Gasteiger partial charge in [-0.3, -0.25) is 14.5 Å². The van der Waals surface area contributed by atoms with E-state index in [1.165, 1.54) is 12.1 Å². The molecular formula is C13H17FN2O3.